The van der Waals surface area contributed by atoms with Crippen LogP contribution < -0.4 is 11.1 Å². The van der Waals surface area contributed by atoms with Gasteiger partial charge in [-0.05, 0) is 27.1 Å². The van der Waals surface area contributed by atoms with Crippen molar-refractivity contribution in [2.24, 2.45) is 12.8 Å². The second kappa shape index (κ2) is 10.4. The van der Waals surface area contributed by atoms with E-state index < -0.39 is 29.0 Å². The second-order valence-corrected chi connectivity index (χ2v) is 10.4. The predicted molar refractivity (Wildman–Crippen MR) is 137 cm³/mol. The van der Waals surface area contributed by atoms with E-state index in [1.165, 1.54) is 33.1 Å². The van der Waals surface area contributed by atoms with Crippen LogP contribution in [0.15, 0.2) is 77.1 Å². The van der Waals surface area contributed by atoms with Crippen LogP contribution in [0.5, 0.6) is 0 Å². The monoisotopic (exact) mass is 537 g/mol. The quantitative estimate of drug-likeness (QED) is 0.134. The number of rotatable bonds is 9. The summed E-state index contributed by atoms with van der Waals surface area (Å²) in [5.74, 6) is -0.487. The molecule has 3 heterocycles. The molecule has 190 valence electrons. The normalized spacial score (nSPS) is 20.9. The van der Waals surface area contributed by atoms with Gasteiger partial charge in [0, 0.05) is 18.6 Å². The van der Waals surface area contributed by atoms with Crippen molar-refractivity contribution in [2.45, 2.75) is 22.3 Å². The molecule has 3 N–H and O–H groups in total. The number of fused-ring (bicyclic) bond motifs is 1. The van der Waals surface area contributed by atoms with Crippen LogP contribution in [0.25, 0.3) is 0 Å². The van der Waals surface area contributed by atoms with Gasteiger partial charge in [-0.3, -0.25) is 20.2 Å². The molecule has 2 atom stereocenters. The Hall–Kier alpha value is -3.68. The van der Waals surface area contributed by atoms with Gasteiger partial charge in [0.25, 0.3) is 5.91 Å². The number of hydrogen-bond donors (Lipinski definition) is 2. The molecule has 37 heavy (non-hydrogen) atoms. The SMILES string of the molecule is Cn1nnnc1SCC1=C(C(=O)OC(c2ccccc2)c2ccccc2)N2C(=O)[C@](N)(NC=O)[C@@H]2SC1. The molecule has 13 heteroatoms. The van der Waals surface area contributed by atoms with Gasteiger partial charge in [0.1, 0.15) is 11.1 Å². The van der Waals surface area contributed by atoms with Crippen molar-refractivity contribution in [3.8, 4) is 0 Å². The van der Waals surface area contributed by atoms with Crippen molar-refractivity contribution < 1.29 is 19.1 Å². The summed E-state index contributed by atoms with van der Waals surface area (Å²) in [6.07, 6.45) is -0.301. The van der Waals surface area contributed by atoms with Crippen LogP contribution in [-0.4, -0.2) is 65.9 Å². The third-order valence-electron chi connectivity index (χ3n) is 6.07. The molecule has 3 aromatic rings. The number of aryl methyl sites for hydroxylation is 1. The first kappa shape index (κ1) is 25.0. The largest absolute Gasteiger partial charge is 0.448 e. The third-order valence-corrected chi connectivity index (χ3v) is 8.58. The summed E-state index contributed by atoms with van der Waals surface area (Å²) in [6.45, 7) is 0. The fourth-order valence-corrected chi connectivity index (χ4v) is 6.59. The first-order chi connectivity index (χ1) is 17.9. The number of tetrazole rings is 1. The van der Waals surface area contributed by atoms with E-state index in [9.17, 15) is 14.4 Å². The minimum Gasteiger partial charge on any atom is -0.448 e. The summed E-state index contributed by atoms with van der Waals surface area (Å²) < 4.78 is 7.62. The Morgan fingerprint density at radius 1 is 1.24 bits per heavy atom. The first-order valence-corrected chi connectivity index (χ1v) is 13.3. The lowest BCUT2D eigenvalue weighted by Gasteiger charge is -2.55. The number of nitrogens with one attached hydrogen (secondary N) is 1. The highest BCUT2D eigenvalue weighted by Crippen LogP contribution is 2.45. The van der Waals surface area contributed by atoms with Crippen LogP contribution in [0.3, 0.4) is 0 Å². The molecule has 5 rings (SSSR count). The Morgan fingerprint density at radius 2 is 1.89 bits per heavy atom. The second-order valence-electron chi connectivity index (χ2n) is 8.40. The average molecular weight is 538 g/mol. The van der Waals surface area contributed by atoms with Gasteiger partial charge in [-0.15, -0.1) is 16.9 Å². The highest BCUT2D eigenvalue weighted by Gasteiger charge is 2.63. The molecule has 0 aliphatic carbocycles. The maximum atomic E-state index is 13.8. The summed E-state index contributed by atoms with van der Waals surface area (Å²) in [5, 5.41) is 13.8. The molecule has 11 nitrogen and oxygen atoms in total. The number of amides is 2. The van der Waals surface area contributed by atoms with Crippen molar-refractivity contribution in [3.05, 3.63) is 83.1 Å². The number of carbonyl (C=O) groups excluding carboxylic acids is 3. The molecule has 2 aliphatic rings. The summed E-state index contributed by atoms with van der Waals surface area (Å²) in [7, 11) is 1.72. The molecule has 0 unspecified atom stereocenters. The molecule has 0 bridgehead atoms. The lowest BCUT2D eigenvalue weighted by molar-refractivity contribution is -0.160. The fraction of sp³-hybridized carbons (Fsp3) is 0.250. The van der Waals surface area contributed by atoms with E-state index in [1.54, 1.807) is 7.05 Å². The minimum atomic E-state index is -1.59. The minimum absolute atomic E-state index is 0.127. The van der Waals surface area contributed by atoms with Gasteiger partial charge in [0.15, 0.2) is 6.10 Å². The zero-order valence-corrected chi connectivity index (χ0v) is 21.3. The Labute approximate surface area is 220 Å². The number of hydrogen-bond acceptors (Lipinski definition) is 10. The molecule has 1 fully saturated rings. The van der Waals surface area contributed by atoms with Gasteiger partial charge in [-0.2, -0.15) is 0 Å². The van der Waals surface area contributed by atoms with Crippen molar-refractivity contribution >= 4 is 41.8 Å². The molecule has 1 aromatic heterocycles. The Kier molecular flexibility index (Phi) is 7.00. The molecule has 2 aromatic carbocycles. The highest BCUT2D eigenvalue weighted by atomic mass is 32.2. The number of nitrogens with zero attached hydrogens (tertiary/aromatic N) is 5. The number of esters is 1. The van der Waals surface area contributed by atoms with Gasteiger partial charge < -0.3 is 10.1 Å². The summed E-state index contributed by atoms with van der Waals surface area (Å²) >= 11 is 2.71. The lowest BCUT2D eigenvalue weighted by Crippen LogP contribution is -2.83. The van der Waals surface area contributed by atoms with Crippen LogP contribution >= 0.6 is 23.5 Å². The average Bonchev–Trinajstić information content (AvgIpc) is 3.35. The lowest BCUT2D eigenvalue weighted by atomic mass is 9.96. The van der Waals surface area contributed by atoms with E-state index in [0.29, 0.717) is 28.6 Å². The van der Waals surface area contributed by atoms with Crippen LogP contribution in [-0.2, 0) is 26.2 Å². The summed E-state index contributed by atoms with van der Waals surface area (Å²) in [5.41, 5.74) is 7.00. The van der Waals surface area contributed by atoms with Crippen LogP contribution in [0.4, 0.5) is 0 Å². The number of ether oxygens (including phenoxy) is 1. The molecular weight excluding hydrogens is 514 g/mol. The molecule has 0 spiro atoms. The molecule has 0 saturated carbocycles. The Balaban J connectivity index is 1.50. The van der Waals surface area contributed by atoms with Crippen LogP contribution in [0, 0.1) is 0 Å². The zero-order valence-electron chi connectivity index (χ0n) is 19.7. The number of thioether (sulfide) groups is 2. The number of carbonyl (C=O) groups is 3. The van der Waals surface area contributed by atoms with Crippen molar-refractivity contribution in [1.29, 1.82) is 0 Å². The maximum absolute atomic E-state index is 13.8. The highest BCUT2D eigenvalue weighted by molar-refractivity contribution is 8.01. The van der Waals surface area contributed by atoms with Crippen molar-refractivity contribution in [2.75, 3.05) is 11.5 Å². The Morgan fingerprint density at radius 3 is 2.46 bits per heavy atom. The predicted octanol–water partition coefficient (Wildman–Crippen LogP) is 1.21. The number of nitrogens with two attached hydrogens (primary N) is 1. The van der Waals surface area contributed by atoms with E-state index >= 15 is 0 Å². The maximum Gasteiger partial charge on any atom is 0.356 e. The molecule has 0 radical (unpaired) electrons. The molecule has 1 saturated heterocycles. The fourth-order valence-electron chi connectivity index (χ4n) is 4.22. The first-order valence-electron chi connectivity index (χ1n) is 11.3. The van der Waals surface area contributed by atoms with Gasteiger partial charge in [-0.25, -0.2) is 9.48 Å². The number of benzene rings is 2. The van der Waals surface area contributed by atoms with Crippen LogP contribution in [0.2, 0.25) is 0 Å². The van der Waals surface area contributed by atoms with Crippen molar-refractivity contribution in [3.63, 3.8) is 0 Å². The summed E-state index contributed by atoms with van der Waals surface area (Å²) in [6, 6.07) is 18.8. The van der Waals surface area contributed by atoms with Gasteiger partial charge in [-0.1, -0.05) is 72.4 Å². The topological polar surface area (TPSA) is 145 Å². The number of aromatic nitrogens is 4. The van der Waals surface area contributed by atoms with E-state index in [-0.39, 0.29) is 5.70 Å². The van der Waals surface area contributed by atoms with Crippen molar-refractivity contribution in [1.82, 2.24) is 30.4 Å². The van der Waals surface area contributed by atoms with Gasteiger partial charge in [0.05, 0.1) is 0 Å². The third kappa shape index (κ3) is 4.61. The zero-order chi connectivity index (χ0) is 26.0. The van der Waals surface area contributed by atoms with Gasteiger partial charge in [0.2, 0.25) is 17.2 Å². The van der Waals surface area contributed by atoms with E-state index in [2.05, 4.69) is 20.8 Å². The number of β-lactam (4-membered cyclic amide) rings is 1. The van der Waals surface area contributed by atoms with Gasteiger partial charge >= 0.3 is 5.97 Å². The Bertz CT molecular complexity index is 1310. The standard InChI is InChI=1S/C24H23N7O4S2/c1-30-23(27-28-29-30)37-13-17-12-36-22-24(25,26-14-32)21(34)31(22)18(17)20(33)35-19(15-8-4-2-5-9-15)16-10-6-3-7-11-16/h2-11,14,19,22H,12-13,25H2,1H3,(H,26,32)/t22-,24-/m0/s1. The molecule has 2 amide bonds. The van der Waals surface area contributed by atoms with E-state index in [4.69, 9.17) is 10.5 Å². The van der Waals surface area contributed by atoms with Crippen LogP contribution in [0.1, 0.15) is 17.2 Å². The van der Waals surface area contributed by atoms with E-state index in [1.807, 2.05) is 60.7 Å². The molecule has 2 aliphatic heterocycles. The smallest absolute Gasteiger partial charge is 0.356 e. The molecular formula is C24H23N7O4S2. The van der Waals surface area contributed by atoms with E-state index in [0.717, 1.165) is 11.1 Å². The summed E-state index contributed by atoms with van der Waals surface area (Å²) in [4.78, 5) is 39.5.